The van der Waals surface area contributed by atoms with Gasteiger partial charge in [-0.15, -0.1) is 0 Å². The van der Waals surface area contributed by atoms with Crippen LogP contribution in [0.25, 0.3) is 0 Å². The first kappa shape index (κ1) is 31.7. The summed E-state index contributed by atoms with van der Waals surface area (Å²) in [7, 11) is 0. The number of nitrogens with two attached hydrogens (primary N) is 1. The Morgan fingerprint density at radius 1 is 0.972 bits per heavy atom. The Hall–Kier alpha value is -2.29. The van der Waals surface area contributed by atoms with E-state index in [4.69, 9.17) is 9.47 Å². The van der Waals surface area contributed by atoms with Gasteiger partial charge in [0.15, 0.2) is 0 Å². The molecule has 36 heavy (non-hydrogen) atoms. The summed E-state index contributed by atoms with van der Waals surface area (Å²) < 4.78 is 9.70. The minimum atomic E-state index is -1.38. The fourth-order valence-corrected chi connectivity index (χ4v) is 4.59. The standard InChI is InChI=1S/C15H26N2O6.C12H23N/c1-5-10-22-13(20)16-9-7-6-8-11(12(18)19)17-14(21)23-15(2,3)4;1-3-7-11(8-4-1)13-12-9-5-2-6-10-12/h5,11H,1,6-10H2,2-4H3,(H,16,20)(H,17,21)(H,18,19);11-13H,1-10H2/t11-;/m1./s1. The number of rotatable bonds is 11. The van der Waals surface area contributed by atoms with Crippen LogP contribution < -0.4 is 21.1 Å². The van der Waals surface area contributed by atoms with Crippen molar-refractivity contribution in [2.45, 2.75) is 128 Å². The van der Waals surface area contributed by atoms with Gasteiger partial charge in [0.2, 0.25) is 0 Å². The van der Waals surface area contributed by atoms with Crippen LogP contribution in [0.15, 0.2) is 12.7 Å². The number of carbonyl (C=O) groups excluding carboxylic acids is 3. The second-order valence-corrected chi connectivity index (χ2v) is 10.8. The third kappa shape index (κ3) is 16.4. The highest BCUT2D eigenvalue weighted by atomic mass is 16.6. The van der Waals surface area contributed by atoms with Crippen molar-refractivity contribution in [3.8, 4) is 0 Å². The smallest absolute Gasteiger partial charge is 0.408 e. The summed E-state index contributed by atoms with van der Waals surface area (Å²) in [6.45, 7) is 8.91. The van der Waals surface area contributed by atoms with Crippen LogP contribution in [0.4, 0.5) is 9.59 Å². The van der Waals surface area contributed by atoms with Crippen LogP contribution in [0.2, 0.25) is 0 Å². The van der Waals surface area contributed by atoms with Crippen molar-refractivity contribution in [1.82, 2.24) is 10.6 Å². The predicted octanol–water partition coefficient (Wildman–Crippen LogP) is 2.93. The van der Waals surface area contributed by atoms with E-state index in [2.05, 4.69) is 22.5 Å². The van der Waals surface area contributed by atoms with E-state index in [9.17, 15) is 19.5 Å². The lowest BCUT2D eigenvalue weighted by Crippen LogP contribution is -2.95. The molecule has 0 aromatic carbocycles. The number of hydrogen-bond acceptors (Lipinski definition) is 6. The number of aliphatic carboxylic acids is 1. The average Bonchev–Trinajstić information content (AvgIpc) is 2.82. The van der Waals surface area contributed by atoms with Crippen molar-refractivity contribution in [3.63, 3.8) is 0 Å². The Balaban J connectivity index is 0.000000414. The lowest BCUT2D eigenvalue weighted by atomic mass is 9.91. The van der Waals surface area contributed by atoms with E-state index in [1.807, 2.05) is 0 Å². The quantitative estimate of drug-likeness (QED) is 0.288. The van der Waals surface area contributed by atoms with Crippen LogP contribution in [-0.2, 0) is 14.3 Å². The summed E-state index contributed by atoms with van der Waals surface area (Å²) in [6.07, 6.45) is 16.2. The molecule has 2 fully saturated rings. The summed E-state index contributed by atoms with van der Waals surface area (Å²) in [5.74, 6) is -1.38. The third-order valence-corrected chi connectivity index (χ3v) is 6.34. The van der Waals surface area contributed by atoms with Gasteiger partial charge in [-0.1, -0.05) is 25.5 Å². The average molecular weight is 512 g/mol. The Kier molecular flexibility index (Phi) is 15.9. The number of ether oxygens (including phenoxy) is 2. The number of carbonyl (C=O) groups is 3. The van der Waals surface area contributed by atoms with E-state index in [0.717, 1.165) is 12.1 Å². The van der Waals surface area contributed by atoms with Crippen molar-refractivity contribution in [3.05, 3.63) is 12.7 Å². The number of carboxylic acids is 1. The van der Waals surface area contributed by atoms with E-state index in [0.29, 0.717) is 19.4 Å². The topological polar surface area (TPSA) is 133 Å². The number of amides is 2. The zero-order valence-electron chi connectivity index (χ0n) is 22.6. The molecular weight excluding hydrogens is 462 g/mol. The number of alkyl carbamates (subject to hydrolysis) is 2. The molecule has 0 saturated heterocycles. The minimum Gasteiger partial charge on any atom is -0.548 e. The van der Waals surface area contributed by atoms with Crippen LogP contribution in [0.3, 0.4) is 0 Å². The number of hydrogen-bond donors (Lipinski definition) is 3. The normalized spacial score (nSPS) is 17.6. The molecule has 2 rings (SSSR count). The molecule has 9 nitrogen and oxygen atoms in total. The molecule has 4 N–H and O–H groups in total. The Morgan fingerprint density at radius 3 is 2.00 bits per heavy atom. The van der Waals surface area contributed by atoms with Gasteiger partial charge in [0, 0.05) is 6.54 Å². The maximum absolute atomic E-state index is 11.5. The zero-order chi connectivity index (χ0) is 26.8. The van der Waals surface area contributed by atoms with E-state index in [-0.39, 0.29) is 13.0 Å². The Morgan fingerprint density at radius 2 is 1.53 bits per heavy atom. The molecule has 0 bridgehead atoms. The van der Waals surface area contributed by atoms with Crippen LogP contribution in [0.5, 0.6) is 0 Å². The lowest BCUT2D eigenvalue weighted by molar-refractivity contribution is -0.725. The zero-order valence-corrected chi connectivity index (χ0v) is 22.6. The van der Waals surface area contributed by atoms with Crippen molar-refractivity contribution >= 4 is 18.2 Å². The molecule has 9 heteroatoms. The van der Waals surface area contributed by atoms with Gasteiger partial charge in [0.05, 0.1) is 24.1 Å². The first-order chi connectivity index (χ1) is 17.1. The van der Waals surface area contributed by atoms with Gasteiger partial charge < -0.3 is 35.3 Å². The van der Waals surface area contributed by atoms with Crippen LogP contribution >= 0.6 is 0 Å². The molecule has 0 aromatic rings. The van der Waals surface area contributed by atoms with Crippen molar-refractivity contribution in [2.24, 2.45) is 0 Å². The van der Waals surface area contributed by atoms with Crippen molar-refractivity contribution in [2.75, 3.05) is 13.2 Å². The fraction of sp³-hybridized carbons (Fsp3) is 0.815. The van der Waals surface area contributed by atoms with Gasteiger partial charge in [-0.25, -0.2) is 9.59 Å². The molecule has 0 spiro atoms. The van der Waals surface area contributed by atoms with Gasteiger partial charge in [-0.05, 0) is 91.4 Å². The van der Waals surface area contributed by atoms with E-state index >= 15 is 0 Å². The molecular formula is C27H49N3O6. The molecule has 2 amide bonds. The first-order valence-electron chi connectivity index (χ1n) is 13.7. The monoisotopic (exact) mass is 511 g/mol. The second-order valence-electron chi connectivity index (χ2n) is 10.8. The van der Waals surface area contributed by atoms with Gasteiger partial charge in [0.25, 0.3) is 0 Å². The predicted molar refractivity (Wildman–Crippen MR) is 137 cm³/mol. The Labute approximate surface area is 217 Å². The molecule has 2 saturated carbocycles. The van der Waals surface area contributed by atoms with E-state index in [1.54, 1.807) is 20.8 Å². The van der Waals surface area contributed by atoms with Gasteiger partial charge in [-0.3, -0.25) is 0 Å². The Bertz CT molecular complexity index is 636. The third-order valence-electron chi connectivity index (χ3n) is 6.34. The molecule has 2 aliphatic carbocycles. The van der Waals surface area contributed by atoms with Gasteiger partial charge >= 0.3 is 12.2 Å². The number of nitrogens with one attached hydrogen (secondary N) is 2. The van der Waals surface area contributed by atoms with E-state index in [1.165, 1.54) is 70.3 Å². The highest BCUT2D eigenvalue weighted by Crippen LogP contribution is 2.18. The molecule has 0 unspecified atom stereocenters. The maximum Gasteiger partial charge on any atom is 0.408 e. The van der Waals surface area contributed by atoms with Crippen molar-refractivity contribution < 1.29 is 34.3 Å². The lowest BCUT2D eigenvalue weighted by Gasteiger charge is -2.27. The number of unbranched alkanes of at least 4 members (excludes halogenated alkanes) is 1. The molecule has 0 aliphatic heterocycles. The maximum atomic E-state index is 11.5. The highest BCUT2D eigenvalue weighted by Gasteiger charge is 2.23. The molecule has 208 valence electrons. The largest absolute Gasteiger partial charge is 0.548 e. The van der Waals surface area contributed by atoms with Gasteiger partial charge in [0.1, 0.15) is 12.2 Å². The summed E-state index contributed by atoms with van der Waals surface area (Å²) in [5, 5.41) is 18.5. The SMILES string of the molecule is C1CCC([NH2+]C2CCCCC2)CC1.C=CCOC(=O)NCCCC[C@@H](NC(=O)OC(C)(C)C)C(=O)[O-]. The molecule has 0 heterocycles. The van der Waals surface area contributed by atoms with Gasteiger partial charge in [-0.2, -0.15) is 0 Å². The first-order valence-corrected chi connectivity index (χ1v) is 13.7. The second kappa shape index (κ2) is 18.0. The van der Waals surface area contributed by atoms with Crippen LogP contribution in [0.1, 0.15) is 104 Å². The number of carboxylic acid groups (broad SMARTS) is 1. The fourth-order valence-electron chi connectivity index (χ4n) is 4.59. The van der Waals surface area contributed by atoms with Crippen LogP contribution in [-0.4, -0.2) is 55.0 Å². The number of quaternary nitrogens is 1. The summed E-state index contributed by atoms with van der Waals surface area (Å²) in [5.41, 5.74) is -0.712. The summed E-state index contributed by atoms with van der Waals surface area (Å²) in [4.78, 5) is 33.7. The van der Waals surface area contributed by atoms with Crippen LogP contribution in [0, 0.1) is 0 Å². The van der Waals surface area contributed by atoms with Crippen molar-refractivity contribution in [1.29, 1.82) is 0 Å². The molecule has 0 radical (unpaired) electrons. The summed E-state index contributed by atoms with van der Waals surface area (Å²) >= 11 is 0. The summed E-state index contributed by atoms with van der Waals surface area (Å²) in [6, 6.07) is 0.853. The highest BCUT2D eigenvalue weighted by molar-refractivity contribution is 5.78. The molecule has 2 aliphatic rings. The molecule has 0 aromatic heterocycles. The minimum absolute atomic E-state index is 0.123. The van der Waals surface area contributed by atoms with E-state index < -0.39 is 29.8 Å². The molecule has 1 atom stereocenters.